The molecule has 0 fully saturated rings. The molecule has 1 rings (SSSR count). The van der Waals surface area contributed by atoms with Gasteiger partial charge in [-0.2, -0.15) is 0 Å². The van der Waals surface area contributed by atoms with Crippen molar-refractivity contribution in [2.24, 2.45) is 0 Å². The molecule has 1 aromatic rings. The standard InChI is InChI=1S/C13H18N2O4/c1-3-6-18-13(17)9-4-5-10(14)11(7-9)19-8-12(16)15-2/h4-5,7H,3,6,8,14H2,1-2H3,(H,15,16). The zero-order chi connectivity index (χ0) is 14.3. The molecule has 1 aromatic carbocycles. The highest BCUT2D eigenvalue weighted by Crippen LogP contribution is 2.23. The van der Waals surface area contributed by atoms with Gasteiger partial charge in [-0.05, 0) is 24.6 Å². The van der Waals surface area contributed by atoms with Crippen molar-refractivity contribution >= 4 is 17.6 Å². The van der Waals surface area contributed by atoms with Crippen LogP contribution in [0.1, 0.15) is 23.7 Å². The first-order chi connectivity index (χ1) is 9.08. The predicted molar refractivity (Wildman–Crippen MR) is 71.0 cm³/mol. The van der Waals surface area contributed by atoms with Crippen LogP contribution >= 0.6 is 0 Å². The number of benzene rings is 1. The van der Waals surface area contributed by atoms with Gasteiger partial charge in [-0.25, -0.2) is 4.79 Å². The van der Waals surface area contributed by atoms with Crippen LogP contribution in [0.5, 0.6) is 5.75 Å². The van der Waals surface area contributed by atoms with E-state index >= 15 is 0 Å². The number of carbonyl (C=O) groups is 2. The van der Waals surface area contributed by atoms with Crippen molar-refractivity contribution in [1.29, 1.82) is 0 Å². The van der Waals surface area contributed by atoms with Gasteiger partial charge in [-0.3, -0.25) is 4.79 Å². The summed E-state index contributed by atoms with van der Waals surface area (Å²) in [7, 11) is 1.51. The number of esters is 1. The highest BCUT2D eigenvalue weighted by Gasteiger charge is 2.11. The molecule has 0 bridgehead atoms. The fourth-order valence-electron chi connectivity index (χ4n) is 1.28. The summed E-state index contributed by atoms with van der Waals surface area (Å²) in [6, 6.07) is 4.57. The first-order valence-electron chi connectivity index (χ1n) is 5.98. The van der Waals surface area contributed by atoms with Gasteiger partial charge in [0.1, 0.15) is 5.75 Å². The van der Waals surface area contributed by atoms with Crippen molar-refractivity contribution in [3.8, 4) is 5.75 Å². The minimum Gasteiger partial charge on any atom is -0.482 e. The summed E-state index contributed by atoms with van der Waals surface area (Å²) in [5.41, 5.74) is 6.41. The third-order valence-electron chi connectivity index (χ3n) is 2.32. The molecule has 0 saturated heterocycles. The molecule has 1 amide bonds. The van der Waals surface area contributed by atoms with E-state index in [0.29, 0.717) is 17.9 Å². The van der Waals surface area contributed by atoms with Gasteiger partial charge in [0, 0.05) is 7.05 Å². The lowest BCUT2D eigenvalue weighted by Crippen LogP contribution is -2.25. The fraction of sp³-hybridized carbons (Fsp3) is 0.385. The van der Waals surface area contributed by atoms with Crippen LogP contribution < -0.4 is 15.8 Å². The number of carbonyl (C=O) groups excluding carboxylic acids is 2. The van der Waals surface area contributed by atoms with Crippen LogP contribution in [-0.4, -0.2) is 32.1 Å². The average molecular weight is 266 g/mol. The normalized spacial score (nSPS) is 9.79. The maximum Gasteiger partial charge on any atom is 0.338 e. The van der Waals surface area contributed by atoms with Crippen molar-refractivity contribution in [1.82, 2.24) is 5.32 Å². The van der Waals surface area contributed by atoms with E-state index < -0.39 is 5.97 Å². The van der Waals surface area contributed by atoms with E-state index in [4.69, 9.17) is 15.2 Å². The van der Waals surface area contributed by atoms with Crippen molar-refractivity contribution in [3.05, 3.63) is 23.8 Å². The molecule has 6 heteroatoms. The van der Waals surface area contributed by atoms with Crippen molar-refractivity contribution in [2.75, 3.05) is 26.0 Å². The zero-order valence-electron chi connectivity index (χ0n) is 11.1. The molecule has 0 spiro atoms. The second-order valence-electron chi connectivity index (χ2n) is 3.85. The third-order valence-corrected chi connectivity index (χ3v) is 2.32. The molecule has 0 atom stereocenters. The van der Waals surface area contributed by atoms with E-state index in [0.717, 1.165) is 6.42 Å². The highest BCUT2D eigenvalue weighted by molar-refractivity contribution is 5.90. The molecule has 19 heavy (non-hydrogen) atoms. The molecule has 3 N–H and O–H groups in total. The Balaban J connectivity index is 2.76. The van der Waals surface area contributed by atoms with Crippen molar-refractivity contribution < 1.29 is 19.1 Å². The van der Waals surface area contributed by atoms with Crippen LogP contribution in [-0.2, 0) is 9.53 Å². The fourth-order valence-corrected chi connectivity index (χ4v) is 1.28. The Bertz CT molecular complexity index is 460. The van der Waals surface area contributed by atoms with Gasteiger partial charge in [-0.1, -0.05) is 6.92 Å². The Morgan fingerprint density at radius 1 is 1.37 bits per heavy atom. The van der Waals surface area contributed by atoms with Crippen LogP contribution in [0, 0.1) is 0 Å². The predicted octanol–water partition coefficient (Wildman–Crippen LogP) is 0.960. The molecule has 0 aliphatic rings. The molecular weight excluding hydrogens is 248 g/mol. The summed E-state index contributed by atoms with van der Waals surface area (Å²) in [6.45, 7) is 2.11. The summed E-state index contributed by atoms with van der Waals surface area (Å²) < 4.78 is 10.2. The molecule has 0 saturated carbocycles. The Kier molecular flexibility index (Phi) is 5.66. The molecule has 0 aromatic heterocycles. The number of nitrogens with two attached hydrogens (primary N) is 1. The Morgan fingerprint density at radius 2 is 2.11 bits per heavy atom. The number of ether oxygens (including phenoxy) is 2. The van der Waals surface area contributed by atoms with E-state index in [-0.39, 0.29) is 18.3 Å². The maximum atomic E-state index is 11.7. The Morgan fingerprint density at radius 3 is 2.74 bits per heavy atom. The zero-order valence-corrected chi connectivity index (χ0v) is 11.1. The minimum absolute atomic E-state index is 0.159. The van der Waals surface area contributed by atoms with E-state index in [9.17, 15) is 9.59 Å². The molecule has 0 unspecified atom stereocenters. The molecule has 104 valence electrons. The van der Waals surface area contributed by atoms with Crippen LogP contribution in [0.4, 0.5) is 5.69 Å². The monoisotopic (exact) mass is 266 g/mol. The quantitative estimate of drug-likeness (QED) is 0.591. The number of nitrogens with one attached hydrogen (secondary N) is 1. The van der Waals surface area contributed by atoms with E-state index in [1.54, 1.807) is 12.1 Å². The first kappa shape index (κ1) is 14.8. The van der Waals surface area contributed by atoms with Gasteiger partial charge in [-0.15, -0.1) is 0 Å². The second-order valence-corrected chi connectivity index (χ2v) is 3.85. The first-order valence-corrected chi connectivity index (χ1v) is 5.98. The largest absolute Gasteiger partial charge is 0.482 e. The van der Waals surface area contributed by atoms with Crippen LogP contribution in [0.15, 0.2) is 18.2 Å². The van der Waals surface area contributed by atoms with Crippen molar-refractivity contribution in [3.63, 3.8) is 0 Å². The molecule has 0 heterocycles. The average Bonchev–Trinajstić information content (AvgIpc) is 2.43. The lowest BCUT2D eigenvalue weighted by atomic mass is 10.2. The molecule has 0 radical (unpaired) electrons. The number of anilines is 1. The minimum atomic E-state index is -0.438. The van der Waals surface area contributed by atoms with Gasteiger partial charge < -0.3 is 20.5 Å². The van der Waals surface area contributed by atoms with Gasteiger partial charge in [0.15, 0.2) is 6.61 Å². The van der Waals surface area contributed by atoms with Gasteiger partial charge in [0.05, 0.1) is 17.9 Å². The lowest BCUT2D eigenvalue weighted by Gasteiger charge is -2.10. The Hall–Kier alpha value is -2.24. The number of likely N-dealkylation sites (N-methyl/N-ethyl adjacent to an activating group) is 1. The molecule has 6 nitrogen and oxygen atoms in total. The topological polar surface area (TPSA) is 90.7 Å². The molecule has 0 aliphatic carbocycles. The summed E-state index contributed by atoms with van der Waals surface area (Å²) in [5.74, 6) is -0.431. The summed E-state index contributed by atoms with van der Waals surface area (Å²) >= 11 is 0. The number of rotatable bonds is 6. The van der Waals surface area contributed by atoms with Gasteiger partial charge >= 0.3 is 5.97 Å². The van der Waals surface area contributed by atoms with E-state index in [1.165, 1.54) is 13.1 Å². The lowest BCUT2D eigenvalue weighted by molar-refractivity contribution is -0.122. The Labute approximate surface area is 111 Å². The number of nitrogen functional groups attached to an aromatic ring is 1. The SMILES string of the molecule is CCCOC(=O)c1ccc(N)c(OCC(=O)NC)c1. The smallest absolute Gasteiger partial charge is 0.338 e. The number of amides is 1. The van der Waals surface area contributed by atoms with E-state index in [1.807, 2.05) is 6.92 Å². The van der Waals surface area contributed by atoms with Crippen LogP contribution in [0.2, 0.25) is 0 Å². The summed E-state index contributed by atoms with van der Waals surface area (Å²) in [6.07, 6.45) is 0.751. The molecule has 0 aliphatic heterocycles. The number of hydrogen-bond donors (Lipinski definition) is 2. The second kappa shape index (κ2) is 7.25. The van der Waals surface area contributed by atoms with E-state index in [2.05, 4.69) is 5.32 Å². The number of hydrogen-bond acceptors (Lipinski definition) is 5. The third kappa shape index (κ3) is 4.50. The highest BCUT2D eigenvalue weighted by atomic mass is 16.5. The molecular formula is C13H18N2O4. The summed E-state index contributed by atoms with van der Waals surface area (Å²) in [5, 5.41) is 2.42. The summed E-state index contributed by atoms with van der Waals surface area (Å²) in [4.78, 5) is 22.8. The van der Waals surface area contributed by atoms with Crippen LogP contribution in [0.25, 0.3) is 0 Å². The van der Waals surface area contributed by atoms with Crippen molar-refractivity contribution in [2.45, 2.75) is 13.3 Å². The van der Waals surface area contributed by atoms with Crippen LogP contribution in [0.3, 0.4) is 0 Å². The van der Waals surface area contributed by atoms with Gasteiger partial charge in [0.2, 0.25) is 0 Å². The maximum absolute atomic E-state index is 11.7. The van der Waals surface area contributed by atoms with Gasteiger partial charge in [0.25, 0.3) is 5.91 Å².